The fraction of sp³-hybridized carbons (Fsp3) is 0.909. The Balaban J connectivity index is 1.81. The van der Waals surface area contributed by atoms with Gasteiger partial charge in [-0.1, -0.05) is 0 Å². The van der Waals surface area contributed by atoms with Crippen molar-refractivity contribution in [2.75, 3.05) is 26.2 Å². The van der Waals surface area contributed by atoms with Gasteiger partial charge < -0.3 is 4.74 Å². The topological polar surface area (TPSA) is 29.5 Å². The van der Waals surface area contributed by atoms with Crippen molar-refractivity contribution in [1.82, 2.24) is 4.90 Å². The van der Waals surface area contributed by atoms with Crippen LogP contribution >= 0.6 is 0 Å². The molecular formula is C11H19NO2. The summed E-state index contributed by atoms with van der Waals surface area (Å²) in [7, 11) is 0. The molecule has 1 saturated heterocycles. The van der Waals surface area contributed by atoms with Gasteiger partial charge >= 0.3 is 0 Å². The molecule has 1 saturated carbocycles. The lowest BCUT2D eigenvalue weighted by Crippen LogP contribution is -2.43. The molecule has 1 aliphatic carbocycles. The fourth-order valence-electron chi connectivity index (χ4n) is 2.45. The summed E-state index contributed by atoms with van der Waals surface area (Å²) in [5, 5.41) is 0. The van der Waals surface area contributed by atoms with Crippen LogP contribution in [0.3, 0.4) is 0 Å². The van der Waals surface area contributed by atoms with Gasteiger partial charge in [-0.3, -0.25) is 9.69 Å². The van der Waals surface area contributed by atoms with Crippen molar-refractivity contribution in [2.45, 2.75) is 32.3 Å². The second-order valence-corrected chi connectivity index (χ2v) is 4.50. The Hall–Kier alpha value is -0.410. The van der Waals surface area contributed by atoms with E-state index in [0.717, 1.165) is 45.5 Å². The van der Waals surface area contributed by atoms with E-state index in [1.54, 1.807) is 0 Å². The highest BCUT2D eigenvalue weighted by molar-refractivity contribution is 5.83. The number of ether oxygens (including phenoxy) is 1. The second kappa shape index (κ2) is 4.41. The summed E-state index contributed by atoms with van der Waals surface area (Å²) >= 11 is 0. The third kappa shape index (κ3) is 2.34. The zero-order valence-electron chi connectivity index (χ0n) is 8.87. The molecule has 2 unspecified atom stereocenters. The average Bonchev–Trinajstić information content (AvgIpc) is 2.52. The lowest BCUT2D eigenvalue weighted by atomic mass is 10.1. The van der Waals surface area contributed by atoms with Gasteiger partial charge in [0.05, 0.1) is 12.7 Å². The maximum atomic E-state index is 11.5. The SMILES string of the molecule is CC1CN(CC2CCCC2=O)CCO1. The molecule has 0 aromatic rings. The first-order valence-corrected chi connectivity index (χ1v) is 5.62. The zero-order valence-corrected chi connectivity index (χ0v) is 8.87. The van der Waals surface area contributed by atoms with Gasteiger partial charge in [0.15, 0.2) is 0 Å². The molecule has 0 N–H and O–H groups in total. The summed E-state index contributed by atoms with van der Waals surface area (Å²) in [5.74, 6) is 0.796. The van der Waals surface area contributed by atoms with Crippen molar-refractivity contribution in [3.05, 3.63) is 0 Å². The number of ketones is 1. The van der Waals surface area contributed by atoms with E-state index in [4.69, 9.17) is 4.74 Å². The number of hydrogen-bond donors (Lipinski definition) is 0. The average molecular weight is 197 g/mol. The molecule has 0 amide bonds. The molecule has 2 aliphatic rings. The van der Waals surface area contributed by atoms with Crippen molar-refractivity contribution >= 4 is 5.78 Å². The molecule has 0 bridgehead atoms. The summed E-state index contributed by atoms with van der Waals surface area (Å²) in [6.45, 7) is 5.87. The first-order chi connectivity index (χ1) is 6.75. The van der Waals surface area contributed by atoms with Gasteiger partial charge in [0, 0.05) is 32.0 Å². The van der Waals surface area contributed by atoms with Crippen molar-refractivity contribution < 1.29 is 9.53 Å². The van der Waals surface area contributed by atoms with Crippen LogP contribution < -0.4 is 0 Å². The molecule has 1 aliphatic heterocycles. The van der Waals surface area contributed by atoms with E-state index < -0.39 is 0 Å². The number of carbonyl (C=O) groups excluding carboxylic acids is 1. The fourth-order valence-corrected chi connectivity index (χ4v) is 2.45. The van der Waals surface area contributed by atoms with E-state index in [9.17, 15) is 4.79 Å². The lowest BCUT2D eigenvalue weighted by Gasteiger charge is -2.32. The molecule has 2 rings (SSSR count). The van der Waals surface area contributed by atoms with E-state index in [1.165, 1.54) is 0 Å². The minimum absolute atomic E-state index is 0.320. The zero-order chi connectivity index (χ0) is 9.97. The van der Waals surface area contributed by atoms with E-state index in [0.29, 0.717) is 17.8 Å². The van der Waals surface area contributed by atoms with E-state index in [-0.39, 0.29) is 0 Å². The number of carbonyl (C=O) groups is 1. The number of hydrogen-bond acceptors (Lipinski definition) is 3. The summed E-state index contributed by atoms with van der Waals surface area (Å²) in [6, 6.07) is 0. The molecular weight excluding hydrogens is 178 g/mol. The van der Waals surface area contributed by atoms with Crippen LogP contribution in [-0.2, 0) is 9.53 Å². The summed E-state index contributed by atoms with van der Waals surface area (Å²) in [6.07, 6.45) is 3.35. The molecule has 80 valence electrons. The molecule has 3 heteroatoms. The van der Waals surface area contributed by atoms with Crippen LogP contribution in [0, 0.1) is 5.92 Å². The Morgan fingerprint density at radius 3 is 3.07 bits per heavy atom. The molecule has 1 heterocycles. The van der Waals surface area contributed by atoms with Gasteiger partial charge in [0.1, 0.15) is 5.78 Å². The Labute approximate surface area is 85.4 Å². The Bertz CT molecular complexity index is 217. The largest absolute Gasteiger partial charge is 0.376 e. The van der Waals surface area contributed by atoms with E-state index >= 15 is 0 Å². The predicted octanol–water partition coefficient (Wildman–Crippen LogP) is 1.08. The third-order valence-electron chi connectivity index (χ3n) is 3.23. The number of morpholine rings is 1. The maximum absolute atomic E-state index is 11.5. The van der Waals surface area contributed by atoms with Crippen LogP contribution in [0.25, 0.3) is 0 Å². The van der Waals surface area contributed by atoms with Gasteiger partial charge in [0.25, 0.3) is 0 Å². The standard InChI is InChI=1S/C11H19NO2/c1-9-7-12(5-6-14-9)8-10-3-2-4-11(10)13/h9-10H,2-8H2,1H3. The van der Waals surface area contributed by atoms with Gasteiger partial charge in [0.2, 0.25) is 0 Å². The van der Waals surface area contributed by atoms with E-state index in [2.05, 4.69) is 11.8 Å². The quantitative estimate of drug-likeness (QED) is 0.663. The molecule has 3 nitrogen and oxygen atoms in total. The van der Waals surface area contributed by atoms with E-state index in [1.807, 2.05) is 0 Å². The Kier molecular flexibility index (Phi) is 3.19. The lowest BCUT2D eigenvalue weighted by molar-refractivity contribution is -0.121. The minimum Gasteiger partial charge on any atom is -0.376 e. The van der Waals surface area contributed by atoms with Crippen molar-refractivity contribution in [1.29, 1.82) is 0 Å². The summed E-state index contributed by atoms with van der Waals surface area (Å²) < 4.78 is 5.47. The van der Waals surface area contributed by atoms with Crippen LogP contribution in [0.1, 0.15) is 26.2 Å². The Morgan fingerprint density at radius 2 is 2.43 bits per heavy atom. The summed E-state index contributed by atoms with van der Waals surface area (Å²) in [4.78, 5) is 13.8. The molecule has 0 radical (unpaired) electrons. The maximum Gasteiger partial charge on any atom is 0.137 e. The molecule has 0 aromatic carbocycles. The van der Waals surface area contributed by atoms with Crippen LogP contribution in [-0.4, -0.2) is 43.0 Å². The van der Waals surface area contributed by atoms with Crippen LogP contribution in [0.4, 0.5) is 0 Å². The van der Waals surface area contributed by atoms with Gasteiger partial charge in [-0.25, -0.2) is 0 Å². The van der Waals surface area contributed by atoms with Crippen LogP contribution in [0.2, 0.25) is 0 Å². The smallest absolute Gasteiger partial charge is 0.137 e. The molecule has 2 fully saturated rings. The monoisotopic (exact) mass is 197 g/mol. The first kappa shape index (κ1) is 10.1. The number of rotatable bonds is 2. The molecule has 0 spiro atoms. The third-order valence-corrected chi connectivity index (χ3v) is 3.23. The number of nitrogens with zero attached hydrogens (tertiary/aromatic N) is 1. The highest BCUT2D eigenvalue weighted by Crippen LogP contribution is 2.22. The van der Waals surface area contributed by atoms with Gasteiger partial charge in [-0.05, 0) is 19.8 Å². The van der Waals surface area contributed by atoms with Crippen LogP contribution in [0.15, 0.2) is 0 Å². The van der Waals surface area contributed by atoms with Crippen molar-refractivity contribution in [2.24, 2.45) is 5.92 Å². The van der Waals surface area contributed by atoms with Crippen molar-refractivity contribution in [3.63, 3.8) is 0 Å². The summed E-state index contributed by atoms with van der Waals surface area (Å²) in [5.41, 5.74) is 0. The molecule has 14 heavy (non-hydrogen) atoms. The normalized spacial score (nSPS) is 35.1. The number of Topliss-reactive ketones (excluding diaryl/α,β-unsaturated/α-hetero) is 1. The molecule has 2 atom stereocenters. The van der Waals surface area contributed by atoms with Gasteiger partial charge in [-0.15, -0.1) is 0 Å². The molecule has 0 aromatic heterocycles. The van der Waals surface area contributed by atoms with Gasteiger partial charge in [-0.2, -0.15) is 0 Å². The minimum atomic E-state index is 0.320. The predicted molar refractivity (Wildman–Crippen MR) is 54.2 cm³/mol. The van der Waals surface area contributed by atoms with Crippen LogP contribution in [0.5, 0.6) is 0 Å². The second-order valence-electron chi connectivity index (χ2n) is 4.50. The van der Waals surface area contributed by atoms with Crippen molar-refractivity contribution in [3.8, 4) is 0 Å². The highest BCUT2D eigenvalue weighted by atomic mass is 16.5. The first-order valence-electron chi connectivity index (χ1n) is 5.62. The highest BCUT2D eigenvalue weighted by Gasteiger charge is 2.27. The Morgan fingerprint density at radius 1 is 1.57 bits per heavy atom.